The molecule has 0 aromatic carbocycles. The van der Waals surface area contributed by atoms with E-state index in [-0.39, 0.29) is 0 Å². The topological polar surface area (TPSA) is 23.5 Å². The van der Waals surface area contributed by atoms with Gasteiger partial charge in [-0.3, -0.25) is 0 Å². The largest absolute Gasteiger partial charge is 0.396 e. The van der Waals surface area contributed by atoms with E-state index in [4.69, 9.17) is 5.11 Å². The summed E-state index contributed by atoms with van der Waals surface area (Å²) in [7, 11) is 2.19. The van der Waals surface area contributed by atoms with Crippen LogP contribution in [-0.2, 0) is 0 Å². The average Bonchev–Trinajstić information content (AvgIpc) is 2.31. The second-order valence-corrected chi connectivity index (χ2v) is 3.61. The number of nitrogens with zero attached hydrogens (tertiary/aromatic N) is 1. The van der Waals surface area contributed by atoms with Gasteiger partial charge in [-0.05, 0) is 39.7 Å². The predicted molar refractivity (Wildman–Crippen MR) is 46.6 cm³/mol. The molecule has 1 aliphatic rings. The van der Waals surface area contributed by atoms with Crippen molar-refractivity contribution in [2.24, 2.45) is 0 Å². The Bertz CT molecular complexity index is 116. The number of aliphatic hydroxyl groups is 1. The van der Waals surface area contributed by atoms with Gasteiger partial charge in [0.1, 0.15) is 0 Å². The molecule has 1 aliphatic heterocycles. The van der Waals surface area contributed by atoms with Crippen molar-refractivity contribution in [3.8, 4) is 0 Å². The van der Waals surface area contributed by atoms with Gasteiger partial charge in [0.05, 0.1) is 0 Å². The van der Waals surface area contributed by atoms with Crippen molar-refractivity contribution in [2.45, 2.75) is 44.7 Å². The Morgan fingerprint density at radius 2 is 2.18 bits per heavy atom. The molecule has 0 spiro atoms. The molecule has 2 unspecified atom stereocenters. The molecule has 0 radical (unpaired) electrons. The summed E-state index contributed by atoms with van der Waals surface area (Å²) in [5.74, 6) is 0. The third-order valence-electron chi connectivity index (χ3n) is 2.88. The Hall–Kier alpha value is -0.0800. The summed E-state index contributed by atoms with van der Waals surface area (Å²) in [6, 6.07) is 1.48. The number of rotatable bonds is 3. The highest BCUT2D eigenvalue weighted by Gasteiger charge is 2.25. The zero-order valence-corrected chi connectivity index (χ0v) is 7.58. The number of hydrogen-bond donors (Lipinski definition) is 1. The van der Waals surface area contributed by atoms with E-state index in [1.165, 1.54) is 12.8 Å². The first-order valence-corrected chi connectivity index (χ1v) is 4.58. The molecule has 0 aromatic heterocycles. The van der Waals surface area contributed by atoms with Crippen LogP contribution in [0.25, 0.3) is 0 Å². The van der Waals surface area contributed by atoms with E-state index in [1.807, 2.05) is 0 Å². The quantitative estimate of drug-likeness (QED) is 0.666. The molecule has 0 aromatic rings. The van der Waals surface area contributed by atoms with Crippen LogP contribution in [0.3, 0.4) is 0 Å². The minimum Gasteiger partial charge on any atom is -0.396 e. The van der Waals surface area contributed by atoms with Crippen molar-refractivity contribution in [2.75, 3.05) is 13.7 Å². The SMILES string of the molecule is CC1CCC(CCCO)N1C. The molecule has 0 aliphatic carbocycles. The lowest BCUT2D eigenvalue weighted by atomic mass is 10.1. The monoisotopic (exact) mass is 157 g/mol. The summed E-state index contributed by atoms with van der Waals surface area (Å²) >= 11 is 0. The molecule has 1 saturated heterocycles. The van der Waals surface area contributed by atoms with Gasteiger partial charge >= 0.3 is 0 Å². The fourth-order valence-electron chi connectivity index (χ4n) is 1.88. The van der Waals surface area contributed by atoms with Gasteiger partial charge in [-0.1, -0.05) is 0 Å². The Balaban J connectivity index is 2.24. The number of likely N-dealkylation sites (tertiary alicyclic amines) is 1. The van der Waals surface area contributed by atoms with Crippen LogP contribution in [0.2, 0.25) is 0 Å². The van der Waals surface area contributed by atoms with Gasteiger partial charge in [0.2, 0.25) is 0 Å². The van der Waals surface area contributed by atoms with E-state index >= 15 is 0 Å². The molecule has 1 rings (SSSR count). The van der Waals surface area contributed by atoms with E-state index in [9.17, 15) is 0 Å². The smallest absolute Gasteiger partial charge is 0.0431 e. The van der Waals surface area contributed by atoms with Gasteiger partial charge in [0.15, 0.2) is 0 Å². The fraction of sp³-hybridized carbons (Fsp3) is 1.00. The maximum Gasteiger partial charge on any atom is 0.0431 e. The average molecular weight is 157 g/mol. The van der Waals surface area contributed by atoms with Gasteiger partial charge in [-0.25, -0.2) is 0 Å². The van der Waals surface area contributed by atoms with Gasteiger partial charge in [0.25, 0.3) is 0 Å². The van der Waals surface area contributed by atoms with E-state index in [1.54, 1.807) is 0 Å². The standard InChI is InChI=1S/C9H19NO/c1-8-5-6-9(10(8)2)4-3-7-11/h8-9,11H,3-7H2,1-2H3. The minimum atomic E-state index is 0.346. The fourth-order valence-corrected chi connectivity index (χ4v) is 1.88. The zero-order chi connectivity index (χ0) is 8.27. The van der Waals surface area contributed by atoms with Crippen molar-refractivity contribution in [3.63, 3.8) is 0 Å². The van der Waals surface area contributed by atoms with E-state index < -0.39 is 0 Å². The van der Waals surface area contributed by atoms with Crippen LogP contribution in [0.5, 0.6) is 0 Å². The van der Waals surface area contributed by atoms with Crippen LogP contribution >= 0.6 is 0 Å². The van der Waals surface area contributed by atoms with Crippen LogP contribution in [0.4, 0.5) is 0 Å². The predicted octanol–water partition coefficient (Wildman–Crippen LogP) is 1.24. The number of hydrogen-bond acceptors (Lipinski definition) is 2. The van der Waals surface area contributed by atoms with E-state index in [2.05, 4.69) is 18.9 Å². The molecule has 1 heterocycles. The summed E-state index contributed by atoms with van der Waals surface area (Å²) < 4.78 is 0. The van der Waals surface area contributed by atoms with Crippen LogP contribution in [0.15, 0.2) is 0 Å². The molecule has 1 fully saturated rings. The normalized spacial score (nSPS) is 33.0. The van der Waals surface area contributed by atoms with Gasteiger partial charge in [-0.2, -0.15) is 0 Å². The highest BCUT2D eigenvalue weighted by Crippen LogP contribution is 2.24. The van der Waals surface area contributed by atoms with Gasteiger partial charge in [-0.15, -0.1) is 0 Å². The third kappa shape index (κ3) is 2.17. The Labute approximate surface area is 69.2 Å². The first kappa shape index (κ1) is 9.01. The molecular weight excluding hydrogens is 138 g/mol. The summed E-state index contributed by atoms with van der Waals surface area (Å²) in [6.07, 6.45) is 4.77. The maximum atomic E-state index is 8.66. The third-order valence-corrected chi connectivity index (χ3v) is 2.88. The summed E-state index contributed by atoms with van der Waals surface area (Å²) in [6.45, 7) is 2.62. The zero-order valence-electron chi connectivity index (χ0n) is 7.58. The van der Waals surface area contributed by atoms with Crippen LogP contribution in [0.1, 0.15) is 32.6 Å². The van der Waals surface area contributed by atoms with Crippen molar-refractivity contribution < 1.29 is 5.11 Å². The summed E-state index contributed by atoms with van der Waals surface area (Å²) in [4.78, 5) is 2.44. The second kappa shape index (κ2) is 4.07. The van der Waals surface area contributed by atoms with E-state index in [0.29, 0.717) is 6.61 Å². The molecule has 1 N–H and O–H groups in total. The molecule has 66 valence electrons. The molecule has 2 atom stereocenters. The highest BCUT2D eigenvalue weighted by atomic mass is 16.2. The maximum absolute atomic E-state index is 8.66. The van der Waals surface area contributed by atoms with Gasteiger partial charge in [0, 0.05) is 18.7 Å². The lowest BCUT2D eigenvalue weighted by molar-refractivity contribution is 0.217. The molecule has 0 bridgehead atoms. The Morgan fingerprint density at radius 1 is 1.45 bits per heavy atom. The van der Waals surface area contributed by atoms with Gasteiger partial charge < -0.3 is 10.0 Å². The second-order valence-electron chi connectivity index (χ2n) is 3.61. The first-order valence-electron chi connectivity index (χ1n) is 4.58. The number of aliphatic hydroxyl groups excluding tert-OH is 1. The molecule has 11 heavy (non-hydrogen) atoms. The first-order chi connectivity index (χ1) is 5.25. The van der Waals surface area contributed by atoms with Crippen molar-refractivity contribution >= 4 is 0 Å². The highest BCUT2D eigenvalue weighted by molar-refractivity contribution is 4.82. The van der Waals surface area contributed by atoms with Crippen molar-refractivity contribution in [1.29, 1.82) is 0 Å². The molecular formula is C9H19NO. The van der Waals surface area contributed by atoms with Crippen LogP contribution in [-0.4, -0.2) is 35.7 Å². The van der Waals surface area contributed by atoms with Crippen LogP contribution < -0.4 is 0 Å². The molecule has 0 amide bonds. The minimum absolute atomic E-state index is 0.346. The van der Waals surface area contributed by atoms with Crippen molar-refractivity contribution in [3.05, 3.63) is 0 Å². The van der Waals surface area contributed by atoms with Crippen molar-refractivity contribution in [1.82, 2.24) is 4.90 Å². The van der Waals surface area contributed by atoms with E-state index in [0.717, 1.165) is 24.9 Å². The lowest BCUT2D eigenvalue weighted by Gasteiger charge is -2.22. The lowest BCUT2D eigenvalue weighted by Crippen LogP contribution is -2.30. The Kier molecular flexibility index (Phi) is 3.34. The van der Waals surface area contributed by atoms with Crippen LogP contribution in [0, 0.1) is 0 Å². The molecule has 0 saturated carbocycles. The molecule has 2 nitrogen and oxygen atoms in total. The Morgan fingerprint density at radius 3 is 2.64 bits per heavy atom. The summed E-state index contributed by atoms with van der Waals surface area (Å²) in [5, 5.41) is 8.66. The molecule has 2 heteroatoms. The summed E-state index contributed by atoms with van der Waals surface area (Å²) in [5.41, 5.74) is 0.